The first-order chi connectivity index (χ1) is 8.22. The van der Waals surface area contributed by atoms with Crippen molar-refractivity contribution in [2.75, 3.05) is 0 Å². The Morgan fingerprint density at radius 2 is 1.76 bits per heavy atom. The van der Waals surface area contributed by atoms with E-state index in [1.165, 1.54) is 27.8 Å². The molecule has 0 heterocycles. The zero-order valence-electron chi connectivity index (χ0n) is 11.0. The fraction of sp³-hybridized carbons (Fsp3) is 0.294. The highest BCUT2D eigenvalue weighted by atomic mass is 14.2. The number of benzene rings is 1. The summed E-state index contributed by atoms with van der Waals surface area (Å²) in [7, 11) is 0. The van der Waals surface area contributed by atoms with Crippen LogP contribution in [0.15, 0.2) is 59.2 Å². The molecule has 0 aliphatic heterocycles. The molecule has 0 atom stereocenters. The van der Waals surface area contributed by atoms with Crippen LogP contribution in [-0.4, -0.2) is 0 Å². The van der Waals surface area contributed by atoms with E-state index in [4.69, 9.17) is 0 Å². The van der Waals surface area contributed by atoms with Gasteiger partial charge in [-0.3, -0.25) is 0 Å². The van der Waals surface area contributed by atoms with E-state index in [9.17, 15) is 0 Å². The maximum Gasteiger partial charge on any atom is -0.00579 e. The van der Waals surface area contributed by atoms with Gasteiger partial charge in [0.2, 0.25) is 0 Å². The lowest BCUT2D eigenvalue weighted by Gasteiger charge is -2.03. The molecule has 0 saturated carbocycles. The molecule has 0 radical (unpaired) electrons. The predicted molar refractivity (Wildman–Crippen MR) is 75.1 cm³/mol. The summed E-state index contributed by atoms with van der Waals surface area (Å²) in [4.78, 5) is 0. The van der Waals surface area contributed by atoms with Crippen molar-refractivity contribution in [3.8, 4) is 0 Å². The Balaban J connectivity index is 2.14. The Morgan fingerprint density at radius 1 is 1.06 bits per heavy atom. The summed E-state index contributed by atoms with van der Waals surface area (Å²) in [6.07, 6.45) is 8.97. The van der Waals surface area contributed by atoms with Crippen molar-refractivity contribution in [2.45, 2.75) is 33.6 Å². The molecule has 1 aromatic carbocycles. The third-order valence-corrected chi connectivity index (χ3v) is 3.36. The van der Waals surface area contributed by atoms with Crippen LogP contribution in [0.4, 0.5) is 0 Å². The zero-order chi connectivity index (χ0) is 12.3. The van der Waals surface area contributed by atoms with Crippen molar-refractivity contribution in [3.05, 3.63) is 70.3 Å². The maximum absolute atomic E-state index is 2.34. The summed E-state index contributed by atoms with van der Waals surface area (Å²) in [5, 5.41) is 0. The van der Waals surface area contributed by atoms with Gasteiger partial charge in [-0.05, 0) is 50.3 Å². The Labute approximate surface area is 104 Å². The van der Waals surface area contributed by atoms with Gasteiger partial charge in [0.25, 0.3) is 0 Å². The molecule has 1 aliphatic carbocycles. The molecule has 0 amide bonds. The standard InChI is InChI=1S/C17H20/c1-4-16-11-15(12-17(16)5-2)10-14-8-6-13(3)7-9-14/h4-9,11H,10,12H2,1-3H3/b16-4-,17-5-. The lowest BCUT2D eigenvalue weighted by atomic mass is 10.0. The third-order valence-electron chi connectivity index (χ3n) is 3.36. The normalized spacial score (nSPS) is 20.1. The van der Waals surface area contributed by atoms with Gasteiger partial charge in [-0.1, -0.05) is 53.6 Å². The lowest BCUT2D eigenvalue weighted by Crippen LogP contribution is -1.88. The average Bonchev–Trinajstić information content (AvgIpc) is 2.74. The molecule has 0 aromatic heterocycles. The highest BCUT2D eigenvalue weighted by molar-refractivity contribution is 5.50. The highest BCUT2D eigenvalue weighted by Crippen LogP contribution is 2.31. The second-order valence-corrected chi connectivity index (χ2v) is 4.70. The van der Waals surface area contributed by atoms with Crippen LogP contribution in [0, 0.1) is 6.92 Å². The van der Waals surface area contributed by atoms with E-state index in [1.54, 1.807) is 0 Å². The number of hydrogen-bond acceptors (Lipinski definition) is 0. The minimum absolute atomic E-state index is 1.08. The second-order valence-electron chi connectivity index (χ2n) is 4.70. The molecule has 17 heavy (non-hydrogen) atoms. The fourth-order valence-electron chi connectivity index (χ4n) is 2.33. The minimum Gasteiger partial charge on any atom is -0.0835 e. The molecule has 0 saturated heterocycles. The highest BCUT2D eigenvalue weighted by Gasteiger charge is 2.13. The van der Waals surface area contributed by atoms with Crippen LogP contribution < -0.4 is 0 Å². The predicted octanol–water partition coefficient (Wildman–Crippen LogP) is 4.76. The van der Waals surface area contributed by atoms with Crippen molar-refractivity contribution in [1.82, 2.24) is 0 Å². The van der Waals surface area contributed by atoms with Gasteiger partial charge in [-0.25, -0.2) is 0 Å². The van der Waals surface area contributed by atoms with Crippen LogP contribution in [0.3, 0.4) is 0 Å². The van der Waals surface area contributed by atoms with Gasteiger partial charge in [-0.2, -0.15) is 0 Å². The Morgan fingerprint density at radius 3 is 2.29 bits per heavy atom. The molecule has 1 aromatic rings. The molecule has 2 rings (SSSR count). The summed E-state index contributed by atoms with van der Waals surface area (Å²) in [6, 6.07) is 8.86. The third kappa shape index (κ3) is 2.76. The second kappa shape index (κ2) is 5.18. The SMILES string of the molecule is C/C=C1/C=C(Cc2ccc(C)cc2)C/C1=C/C. The summed E-state index contributed by atoms with van der Waals surface area (Å²) >= 11 is 0. The van der Waals surface area contributed by atoms with Crippen LogP contribution in [-0.2, 0) is 6.42 Å². The maximum atomic E-state index is 2.34. The van der Waals surface area contributed by atoms with E-state index >= 15 is 0 Å². The lowest BCUT2D eigenvalue weighted by molar-refractivity contribution is 1.07. The van der Waals surface area contributed by atoms with Gasteiger partial charge >= 0.3 is 0 Å². The number of aryl methyl sites for hydroxylation is 1. The van der Waals surface area contributed by atoms with Crippen molar-refractivity contribution in [2.24, 2.45) is 0 Å². The molecule has 0 fully saturated rings. The fourth-order valence-corrected chi connectivity index (χ4v) is 2.33. The summed E-state index contributed by atoms with van der Waals surface area (Å²) in [5.74, 6) is 0. The quantitative estimate of drug-likeness (QED) is 0.679. The van der Waals surface area contributed by atoms with Gasteiger partial charge in [0.05, 0.1) is 0 Å². The van der Waals surface area contributed by atoms with Crippen LogP contribution in [0.5, 0.6) is 0 Å². The van der Waals surface area contributed by atoms with E-state index in [0.717, 1.165) is 12.8 Å². The van der Waals surface area contributed by atoms with E-state index in [1.807, 2.05) is 0 Å². The summed E-state index contributed by atoms with van der Waals surface area (Å²) in [6.45, 7) is 6.38. The van der Waals surface area contributed by atoms with E-state index in [0.29, 0.717) is 0 Å². The van der Waals surface area contributed by atoms with Gasteiger partial charge in [-0.15, -0.1) is 0 Å². The van der Waals surface area contributed by atoms with E-state index in [2.05, 4.69) is 63.3 Å². The van der Waals surface area contributed by atoms with Crippen molar-refractivity contribution < 1.29 is 0 Å². The largest absolute Gasteiger partial charge is 0.0835 e. The molecule has 0 bridgehead atoms. The average molecular weight is 224 g/mol. The summed E-state index contributed by atoms with van der Waals surface area (Å²) < 4.78 is 0. The Hall–Kier alpha value is -1.56. The van der Waals surface area contributed by atoms with Gasteiger partial charge in [0.1, 0.15) is 0 Å². The van der Waals surface area contributed by atoms with E-state index < -0.39 is 0 Å². The first-order valence-electron chi connectivity index (χ1n) is 6.29. The number of hydrogen-bond donors (Lipinski definition) is 0. The topological polar surface area (TPSA) is 0 Å². The molecule has 88 valence electrons. The van der Waals surface area contributed by atoms with Crippen LogP contribution in [0.25, 0.3) is 0 Å². The number of allylic oxidation sites excluding steroid dienone is 6. The monoisotopic (exact) mass is 224 g/mol. The molecule has 0 N–H and O–H groups in total. The molecule has 0 heteroatoms. The van der Waals surface area contributed by atoms with Crippen LogP contribution in [0.1, 0.15) is 31.4 Å². The zero-order valence-corrected chi connectivity index (χ0v) is 11.0. The molecule has 0 unspecified atom stereocenters. The smallest absolute Gasteiger partial charge is 0.00579 e. The first-order valence-corrected chi connectivity index (χ1v) is 6.29. The van der Waals surface area contributed by atoms with Gasteiger partial charge in [0.15, 0.2) is 0 Å². The van der Waals surface area contributed by atoms with E-state index in [-0.39, 0.29) is 0 Å². The Kier molecular flexibility index (Phi) is 3.63. The van der Waals surface area contributed by atoms with Gasteiger partial charge in [0, 0.05) is 0 Å². The van der Waals surface area contributed by atoms with Crippen LogP contribution in [0.2, 0.25) is 0 Å². The molecular weight excluding hydrogens is 204 g/mol. The molecular formula is C17H20. The summed E-state index contributed by atoms with van der Waals surface area (Å²) in [5.41, 5.74) is 7.13. The minimum atomic E-state index is 1.08. The van der Waals surface area contributed by atoms with Crippen molar-refractivity contribution in [3.63, 3.8) is 0 Å². The molecule has 0 spiro atoms. The van der Waals surface area contributed by atoms with Crippen LogP contribution >= 0.6 is 0 Å². The first kappa shape index (κ1) is 11.9. The van der Waals surface area contributed by atoms with Crippen molar-refractivity contribution in [1.29, 1.82) is 0 Å². The Bertz CT molecular complexity index is 481. The number of rotatable bonds is 2. The van der Waals surface area contributed by atoms with Crippen molar-refractivity contribution >= 4 is 0 Å². The van der Waals surface area contributed by atoms with Gasteiger partial charge < -0.3 is 0 Å². The molecule has 0 nitrogen and oxygen atoms in total. The molecule has 1 aliphatic rings.